The lowest BCUT2D eigenvalue weighted by molar-refractivity contribution is -0.119. The molecule has 0 saturated carbocycles. The van der Waals surface area contributed by atoms with Crippen LogP contribution in [0, 0.1) is 13.8 Å². The van der Waals surface area contributed by atoms with E-state index in [0.717, 1.165) is 28.3 Å². The molecule has 40 heavy (non-hydrogen) atoms. The zero-order valence-corrected chi connectivity index (χ0v) is 23.5. The van der Waals surface area contributed by atoms with Crippen molar-refractivity contribution in [3.05, 3.63) is 95.6 Å². The van der Waals surface area contributed by atoms with Crippen molar-refractivity contribution in [2.24, 2.45) is 0 Å². The molecule has 1 aliphatic heterocycles. The van der Waals surface area contributed by atoms with E-state index < -0.39 is 0 Å². The number of phenols is 1. The first-order valence-electron chi connectivity index (χ1n) is 12.8. The molecule has 1 aliphatic rings. The van der Waals surface area contributed by atoms with Gasteiger partial charge in [0.2, 0.25) is 5.91 Å². The van der Waals surface area contributed by atoms with E-state index >= 15 is 0 Å². The summed E-state index contributed by atoms with van der Waals surface area (Å²) in [7, 11) is 3.02. The molecule has 206 valence electrons. The van der Waals surface area contributed by atoms with Crippen LogP contribution in [0.5, 0.6) is 11.5 Å². The predicted octanol–water partition coefficient (Wildman–Crippen LogP) is 4.97. The summed E-state index contributed by atoms with van der Waals surface area (Å²) in [6.07, 6.45) is 1.77. The Morgan fingerprint density at radius 3 is 2.58 bits per heavy atom. The van der Waals surface area contributed by atoms with Gasteiger partial charge in [0.05, 0.1) is 36.3 Å². The molecule has 0 radical (unpaired) electrons. The number of thiocarbonyl (C=S) groups is 1. The van der Waals surface area contributed by atoms with Gasteiger partial charge in [-0.05, 0) is 80.2 Å². The van der Waals surface area contributed by atoms with Crippen LogP contribution in [0.15, 0.2) is 72.9 Å². The number of para-hydroxylation sites is 2. The van der Waals surface area contributed by atoms with Crippen LogP contribution >= 0.6 is 12.2 Å². The second kappa shape index (κ2) is 11.4. The highest BCUT2D eigenvalue weighted by atomic mass is 32.1. The summed E-state index contributed by atoms with van der Waals surface area (Å²) in [5.41, 5.74) is 5.76. The van der Waals surface area contributed by atoms with Crippen molar-refractivity contribution in [2.75, 3.05) is 31.0 Å². The Bertz CT molecular complexity index is 1560. The molecule has 3 N–H and O–H groups in total. The molecule has 2 atom stereocenters. The molecular formula is C30H31N5O4S. The fourth-order valence-corrected chi connectivity index (χ4v) is 5.67. The summed E-state index contributed by atoms with van der Waals surface area (Å²) >= 11 is 5.91. The van der Waals surface area contributed by atoms with Crippen LogP contribution in [0.4, 0.5) is 11.4 Å². The SMILES string of the molecule is COCC(=O)Nc1cc(N2C(=S)N[C@H](c3ccccn3)[C@@H]2c2cc(C)n(-c3ccccc3O)c2C)ccc1OC. The number of hydrogen-bond acceptors (Lipinski definition) is 6. The number of methoxy groups -OCH3 is 2. The van der Waals surface area contributed by atoms with Gasteiger partial charge in [-0.3, -0.25) is 9.78 Å². The Labute approximate surface area is 238 Å². The van der Waals surface area contributed by atoms with Gasteiger partial charge < -0.3 is 34.7 Å². The number of carbonyl (C=O) groups is 1. The van der Waals surface area contributed by atoms with Crippen LogP contribution in [0.1, 0.15) is 34.7 Å². The average molecular weight is 558 g/mol. The van der Waals surface area contributed by atoms with Gasteiger partial charge in [0.25, 0.3) is 0 Å². The molecule has 0 spiro atoms. The predicted molar refractivity (Wildman–Crippen MR) is 158 cm³/mol. The van der Waals surface area contributed by atoms with Crippen LogP contribution < -0.4 is 20.3 Å². The number of rotatable bonds is 8. The number of anilines is 2. The molecular weight excluding hydrogens is 526 g/mol. The normalized spacial score (nSPS) is 16.6. The maximum atomic E-state index is 12.4. The number of pyridine rings is 1. The van der Waals surface area contributed by atoms with E-state index in [1.54, 1.807) is 31.5 Å². The lowest BCUT2D eigenvalue weighted by Gasteiger charge is -2.29. The molecule has 0 unspecified atom stereocenters. The lowest BCUT2D eigenvalue weighted by Crippen LogP contribution is -2.29. The molecule has 3 heterocycles. The summed E-state index contributed by atoms with van der Waals surface area (Å²) in [5, 5.41) is 17.5. The third-order valence-electron chi connectivity index (χ3n) is 7.02. The van der Waals surface area contributed by atoms with E-state index in [-0.39, 0.29) is 30.3 Å². The van der Waals surface area contributed by atoms with E-state index in [1.165, 1.54) is 7.11 Å². The summed E-state index contributed by atoms with van der Waals surface area (Å²) in [5.74, 6) is 0.414. The number of hydrogen-bond donors (Lipinski definition) is 3. The molecule has 2 aromatic carbocycles. The number of aromatic hydroxyl groups is 1. The van der Waals surface area contributed by atoms with E-state index in [4.69, 9.17) is 21.7 Å². The maximum absolute atomic E-state index is 12.4. The molecule has 5 rings (SSSR count). The molecule has 9 nitrogen and oxygen atoms in total. The average Bonchev–Trinajstić information content (AvgIpc) is 3.44. The number of carbonyl (C=O) groups excluding carboxylic acids is 1. The second-order valence-corrected chi connectivity index (χ2v) is 9.90. The molecule has 1 fully saturated rings. The Morgan fingerprint density at radius 2 is 1.88 bits per heavy atom. The minimum atomic E-state index is -0.297. The van der Waals surface area contributed by atoms with Crippen LogP contribution in [0.25, 0.3) is 5.69 Å². The largest absolute Gasteiger partial charge is 0.506 e. The number of nitrogens with one attached hydrogen (secondary N) is 2. The smallest absolute Gasteiger partial charge is 0.250 e. The van der Waals surface area contributed by atoms with Gasteiger partial charge in [0.1, 0.15) is 18.1 Å². The molecule has 2 aromatic heterocycles. The number of phenolic OH excluding ortho intramolecular Hbond substituents is 1. The third kappa shape index (κ3) is 4.99. The first-order valence-corrected chi connectivity index (χ1v) is 13.2. The number of amides is 1. The fraction of sp³-hybridized carbons (Fsp3) is 0.233. The number of benzene rings is 2. The number of aryl methyl sites for hydroxylation is 1. The van der Waals surface area contributed by atoms with Gasteiger partial charge in [-0.25, -0.2) is 0 Å². The van der Waals surface area contributed by atoms with Gasteiger partial charge in [0.15, 0.2) is 5.11 Å². The van der Waals surface area contributed by atoms with Crippen molar-refractivity contribution >= 4 is 34.6 Å². The quantitative estimate of drug-likeness (QED) is 0.261. The van der Waals surface area contributed by atoms with Gasteiger partial charge in [-0.1, -0.05) is 18.2 Å². The van der Waals surface area contributed by atoms with Crippen molar-refractivity contribution in [1.29, 1.82) is 0 Å². The van der Waals surface area contributed by atoms with Crippen LogP contribution in [-0.4, -0.2) is 46.5 Å². The second-order valence-electron chi connectivity index (χ2n) is 9.51. The molecule has 1 saturated heterocycles. The molecule has 10 heteroatoms. The monoisotopic (exact) mass is 557 g/mol. The summed E-state index contributed by atoms with van der Waals surface area (Å²) in [6, 6.07) is 20.2. The van der Waals surface area contributed by atoms with Gasteiger partial charge in [-0.2, -0.15) is 0 Å². The van der Waals surface area contributed by atoms with E-state index in [2.05, 4.69) is 21.7 Å². The highest BCUT2D eigenvalue weighted by molar-refractivity contribution is 7.80. The van der Waals surface area contributed by atoms with Crippen LogP contribution in [-0.2, 0) is 9.53 Å². The Morgan fingerprint density at radius 1 is 1.10 bits per heavy atom. The molecule has 4 aromatic rings. The van der Waals surface area contributed by atoms with Gasteiger partial charge in [0, 0.05) is 30.4 Å². The Hall–Kier alpha value is -4.41. The first kappa shape index (κ1) is 27.2. The molecule has 1 amide bonds. The zero-order chi connectivity index (χ0) is 28.4. The van der Waals surface area contributed by atoms with Gasteiger partial charge >= 0.3 is 0 Å². The highest BCUT2D eigenvalue weighted by Gasteiger charge is 2.42. The number of aromatic nitrogens is 2. The Balaban J connectivity index is 1.66. The Kier molecular flexibility index (Phi) is 7.72. The maximum Gasteiger partial charge on any atom is 0.250 e. The minimum absolute atomic E-state index is 0.0836. The zero-order valence-electron chi connectivity index (χ0n) is 22.7. The standard InChI is InChI=1S/C30H31N5O4S/c1-18-15-21(19(2)34(18)24-10-5-6-11-25(24)36)29-28(22-9-7-8-14-31-22)33-30(40)35(29)20-12-13-26(39-4)23(16-20)32-27(37)17-38-3/h5-16,28-29,36H,17H2,1-4H3,(H,32,37)(H,33,40)/t28-,29+/m1/s1. The molecule has 0 bridgehead atoms. The highest BCUT2D eigenvalue weighted by Crippen LogP contribution is 2.45. The van der Waals surface area contributed by atoms with Gasteiger partial charge in [-0.15, -0.1) is 0 Å². The topological polar surface area (TPSA) is 101 Å². The minimum Gasteiger partial charge on any atom is -0.506 e. The van der Waals surface area contributed by atoms with Crippen LogP contribution in [0.2, 0.25) is 0 Å². The van der Waals surface area contributed by atoms with Crippen molar-refractivity contribution in [2.45, 2.75) is 25.9 Å². The van der Waals surface area contributed by atoms with E-state index in [1.807, 2.05) is 65.8 Å². The first-order chi connectivity index (χ1) is 19.3. The lowest BCUT2D eigenvalue weighted by atomic mass is 9.96. The van der Waals surface area contributed by atoms with Crippen molar-refractivity contribution in [3.63, 3.8) is 0 Å². The third-order valence-corrected chi connectivity index (χ3v) is 7.33. The number of ether oxygens (including phenoxy) is 2. The number of nitrogens with zero attached hydrogens (tertiary/aromatic N) is 3. The molecule has 0 aliphatic carbocycles. The van der Waals surface area contributed by atoms with E-state index in [0.29, 0.717) is 22.2 Å². The van der Waals surface area contributed by atoms with Crippen molar-refractivity contribution in [3.8, 4) is 17.2 Å². The summed E-state index contributed by atoms with van der Waals surface area (Å²) in [6.45, 7) is 3.97. The summed E-state index contributed by atoms with van der Waals surface area (Å²) < 4.78 is 12.5. The van der Waals surface area contributed by atoms with Crippen LogP contribution in [0.3, 0.4) is 0 Å². The van der Waals surface area contributed by atoms with Crippen molar-refractivity contribution < 1.29 is 19.4 Å². The fourth-order valence-electron chi connectivity index (χ4n) is 5.32. The van der Waals surface area contributed by atoms with Crippen molar-refractivity contribution in [1.82, 2.24) is 14.9 Å². The summed E-state index contributed by atoms with van der Waals surface area (Å²) in [4.78, 5) is 19.1. The van der Waals surface area contributed by atoms with E-state index in [9.17, 15) is 9.90 Å².